The van der Waals surface area contributed by atoms with Crippen molar-refractivity contribution in [2.24, 2.45) is 0 Å². The van der Waals surface area contributed by atoms with Crippen molar-refractivity contribution >= 4 is 0 Å². The molecule has 1 N–H and O–H groups in total. The van der Waals surface area contributed by atoms with Gasteiger partial charge in [0.2, 0.25) is 0 Å². The zero-order chi connectivity index (χ0) is 15.4. The van der Waals surface area contributed by atoms with Gasteiger partial charge in [-0.15, -0.1) is 0 Å². The lowest BCUT2D eigenvalue weighted by Crippen LogP contribution is -2.28. The number of halogens is 4. The topological polar surface area (TPSA) is 12.0 Å². The molecule has 0 saturated carbocycles. The molecule has 2 aromatic rings. The quantitative estimate of drug-likeness (QED) is 0.824. The fraction of sp³-hybridized carbons (Fsp3) is 0.250. The summed E-state index contributed by atoms with van der Waals surface area (Å²) in [4.78, 5) is 0. The first kappa shape index (κ1) is 15.5. The first-order chi connectivity index (χ1) is 9.97. The average Bonchev–Trinajstić information content (AvgIpc) is 2.42. The lowest BCUT2D eigenvalue weighted by molar-refractivity contribution is 0.490. The summed E-state index contributed by atoms with van der Waals surface area (Å²) in [6, 6.07) is 6.75. The Morgan fingerprint density at radius 1 is 0.952 bits per heavy atom. The molecule has 0 saturated heterocycles. The number of hydrogen-bond donors (Lipinski definition) is 1. The fourth-order valence-corrected chi connectivity index (χ4v) is 2.05. The fourth-order valence-electron chi connectivity index (χ4n) is 2.05. The summed E-state index contributed by atoms with van der Waals surface area (Å²) in [7, 11) is 0. The second-order valence-electron chi connectivity index (χ2n) is 4.92. The average molecular weight is 297 g/mol. The molecule has 1 atom stereocenters. The van der Waals surface area contributed by atoms with E-state index in [4.69, 9.17) is 0 Å². The van der Waals surface area contributed by atoms with Gasteiger partial charge >= 0.3 is 0 Å². The molecule has 0 amide bonds. The highest BCUT2D eigenvalue weighted by atomic mass is 19.1. The summed E-state index contributed by atoms with van der Waals surface area (Å²) in [5.41, 5.74) is 0.300. The van der Waals surface area contributed by atoms with E-state index in [1.54, 1.807) is 6.92 Å². The molecule has 0 bridgehead atoms. The van der Waals surface area contributed by atoms with E-state index in [0.717, 1.165) is 6.07 Å². The minimum atomic E-state index is -0.647. The Balaban J connectivity index is 1.97. The zero-order valence-electron chi connectivity index (χ0n) is 11.5. The highest BCUT2D eigenvalue weighted by molar-refractivity contribution is 5.21. The third kappa shape index (κ3) is 4.04. The molecule has 0 heterocycles. The summed E-state index contributed by atoms with van der Waals surface area (Å²) in [6.45, 7) is 1.90. The van der Waals surface area contributed by atoms with Crippen LogP contribution in [0.5, 0.6) is 0 Å². The zero-order valence-corrected chi connectivity index (χ0v) is 11.5. The molecule has 1 unspecified atom stereocenters. The van der Waals surface area contributed by atoms with Gasteiger partial charge in [0.25, 0.3) is 0 Å². The van der Waals surface area contributed by atoms with Crippen molar-refractivity contribution in [2.45, 2.75) is 25.9 Å². The smallest absolute Gasteiger partial charge is 0.130 e. The van der Waals surface area contributed by atoms with Crippen LogP contribution in [0.3, 0.4) is 0 Å². The molecule has 1 nitrogen and oxygen atoms in total. The van der Waals surface area contributed by atoms with E-state index in [1.807, 2.05) is 0 Å². The molecule has 2 aromatic carbocycles. The van der Waals surface area contributed by atoms with Crippen LogP contribution in [0, 0.1) is 23.3 Å². The molecule has 5 heteroatoms. The van der Waals surface area contributed by atoms with Crippen LogP contribution in [0.2, 0.25) is 0 Å². The normalized spacial score (nSPS) is 12.4. The third-order valence-corrected chi connectivity index (χ3v) is 3.23. The first-order valence-corrected chi connectivity index (χ1v) is 6.57. The second-order valence-corrected chi connectivity index (χ2v) is 4.92. The lowest BCUT2D eigenvalue weighted by atomic mass is 10.1. The van der Waals surface area contributed by atoms with E-state index in [9.17, 15) is 17.6 Å². The molecule has 0 spiro atoms. The van der Waals surface area contributed by atoms with E-state index >= 15 is 0 Å². The van der Waals surface area contributed by atoms with Crippen LogP contribution in [-0.4, -0.2) is 6.04 Å². The van der Waals surface area contributed by atoms with Crippen molar-refractivity contribution < 1.29 is 17.6 Å². The molecule has 112 valence electrons. The van der Waals surface area contributed by atoms with Crippen molar-refractivity contribution in [3.63, 3.8) is 0 Å². The number of benzene rings is 2. The van der Waals surface area contributed by atoms with Gasteiger partial charge in [-0.05, 0) is 31.5 Å². The van der Waals surface area contributed by atoms with Crippen LogP contribution >= 0.6 is 0 Å². The standard InChI is InChI=1S/C16H15F4N/c1-10(7-13-14(18)3-2-4-15(13)19)21-9-11-5-6-12(17)8-16(11)20/h2-6,8,10,21H,7,9H2,1H3. The Morgan fingerprint density at radius 3 is 2.24 bits per heavy atom. The summed E-state index contributed by atoms with van der Waals surface area (Å²) in [5, 5.41) is 2.97. The molecule has 0 aliphatic carbocycles. The Hall–Kier alpha value is -1.88. The highest BCUT2D eigenvalue weighted by Crippen LogP contribution is 2.15. The van der Waals surface area contributed by atoms with E-state index in [0.29, 0.717) is 5.56 Å². The van der Waals surface area contributed by atoms with Crippen molar-refractivity contribution in [1.29, 1.82) is 0 Å². The molecule has 2 rings (SSSR count). The lowest BCUT2D eigenvalue weighted by Gasteiger charge is -2.15. The van der Waals surface area contributed by atoms with Crippen LogP contribution < -0.4 is 5.32 Å². The molecule has 0 aromatic heterocycles. The molecular formula is C16H15F4N. The van der Waals surface area contributed by atoms with Crippen LogP contribution in [0.25, 0.3) is 0 Å². The van der Waals surface area contributed by atoms with Crippen LogP contribution in [-0.2, 0) is 13.0 Å². The third-order valence-electron chi connectivity index (χ3n) is 3.23. The monoisotopic (exact) mass is 297 g/mol. The largest absolute Gasteiger partial charge is 0.310 e. The Kier molecular flexibility index (Phi) is 4.96. The predicted molar refractivity (Wildman–Crippen MR) is 72.7 cm³/mol. The van der Waals surface area contributed by atoms with Crippen molar-refractivity contribution in [3.05, 3.63) is 70.8 Å². The SMILES string of the molecule is CC(Cc1c(F)cccc1F)NCc1ccc(F)cc1F. The van der Waals surface area contributed by atoms with Gasteiger partial charge in [-0.1, -0.05) is 12.1 Å². The Morgan fingerprint density at radius 2 is 1.62 bits per heavy atom. The Bertz CT molecular complexity index is 607. The molecule has 0 fully saturated rings. The summed E-state index contributed by atoms with van der Waals surface area (Å²) in [6.07, 6.45) is 0.140. The maximum atomic E-state index is 13.5. The van der Waals surface area contributed by atoms with E-state index < -0.39 is 23.3 Å². The van der Waals surface area contributed by atoms with Crippen molar-refractivity contribution in [2.75, 3.05) is 0 Å². The molecule has 21 heavy (non-hydrogen) atoms. The van der Waals surface area contributed by atoms with Gasteiger partial charge in [0.1, 0.15) is 23.3 Å². The minimum Gasteiger partial charge on any atom is -0.310 e. The van der Waals surface area contributed by atoms with E-state index in [2.05, 4.69) is 5.32 Å². The van der Waals surface area contributed by atoms with Gasteiger partial charge in [0, 0.05) is 29.8 Å². The second kappa shape index (κ2) is 6.72. The van der Waals surface area contributed by atoms with Crippen molar-refractivity contribution in [1.82, 2.24) is 5.32 Å². The Labute approximate surface area is 120 Å². The van der Waals surface area contributed by atoms with Crippen molar-refractivity contribution in [3.8, 4) is 0 Å². The van der Waals surface area contributed by atoms with E-state index in [-0.39, 0.29) is 24.6 Å². The maximum absolute atomic E-state index is 13.5. The van der Waals surface area contributed by atoms with Crippen LogP contribution in [0.1, 0.15) is 18.1 Å². The van der Waals surface area contributed by atoms with Crippen LogP contribution in [0.15, 0.2) is 36.4 Å². The van der Waals surface area contributed by atoms with Gasteiger partial charge in [-0.2, -0.15) is 0 Å². The van der Waals surface area contributed by atoms with Crippen LogP contribution in [0.4, 0.5) is 17.6 Å². The maximum Gasteiger partial charge on any atom is 0.130 e. The summed E-state index contributed by atoms with van der Waals surface area (Å²) >= 11 is 0. The van der Waals surface area contributed by atoms with Gasteiger partial charge in [0.15, 0.2) is 0 Å². The summed E-state index contributed by atoms with van der Waals surface area (Å²) < 4.78 is 53.3. The minimum absolute atomic E-state index is 0.00271. The highest BCUT2D eigenvalue weighted by Gasteiger charge is 2.13. The van der Waals surface area contributed by atoms with E-state index in [1.165, 1.54) is 30.3 Å². The molecule has 0 aliphatic rings. The number of hydrogen-bond acceptors (Lipinski definition) is 1. The molecular weight excluding hydrogens is 282 g/mol. The molecule has 0 aliphatic heterocycles. The number of nitrogens with one attached hydrogen (secondary N) is 1. The van der Waals surface area contributed by atoms with Gasteiger partial charge in [-0.25, -0.2) is 17.6 Å². The summed E-state index contributed by atoms with van der Waals surface area (Å²) in [5.74, 6) is -2.49. The van der Waals surface area contributed by atoms with Gasteiger partial charge in [-0.3, -0.25) is 0 Å². The van der Waals surface area contributed by atoms with Gasteiger partial charge < -0.3 is 5.32 Å². The van der Waals surface area contributed by atoms with Gasteiger partial charge in [0.05, 0.1) is 0 Å². The predicted octanol–water partition coefficient (Wildman–Crippen LogP) is 3.96. The molecule has 0 radical (unpaired) electrons. The number of rotatable bonds is 5. The first-order valence-electron chi connectivity index (χ1n) is 6.57.